The minimum Gasteiger partial charge on any atom is -0.317 e. The first kappa shape index (κ1) is 14.5. The number of hydrogen-bond acceptors (Lipinski definition) is 2. The molecule has 1 N–H and O–H groups in total. The van der Waals surface area contributed by atoms with Crippen LogP contribution in [0.5, 0.6) is 0 Å². The molecule has 0 saturated heterocycles. The monoisotopic (exact) mass is 257 g/mol. The number of halogens is 1. The van der Waals surface area contributed by atoms with Crippen LogP contribution in [-0.4, -0.2) is 22.9 Å². The Labute approximate surface area is 110 Å². The topological polar surface area (TPSA) is 29.9 Å². The minimum absolute atomic E-state index is 0.502. The van der Waals surface area contributed by atoms with Gasteiger partial charge in [0.25, 0.3) is 0 Å². The Morgan fingerprint density at radius 2 is 2.12 bits per heavy atom. The molecular formula is C13H24ClN3. The maximum absolute atomic E-state index is 6.25. The van der Waals surface area contributed by atoms with E-state index in [0.717, 1.165) is 17.3 Å². The highest BCUT2D eigenvalue weighted by molar-refractivity contribution is 6.30. The third kappa shape index (κ3) is 4.00. The summed E-state index contributed by atoms with van der Waals surface area (Å²) in [6.07, 6.45) is 6.02. The molecule has 0 radical (unpaired) electrons. The highest BCUT2D eigenvalue weighted by Gasteiger charge is 2.15. The lowest BCUT2D eigenvalue weighted by Gasteiger charge is -2.15. The Hall–Kier alpha value is -0.540. The van der Waals surface area contributed by atoms with Crippen molar-refractivity contribution in [3.05, 3.63) is 16.4 Å². The van der Waals surface area contributed by atoms with Gasteiger partial charge in [0.15, 0.2) is 0 Å². The van der Waals surface area contributed by atoms with Gasteiger partial charge in [-0.15, -0.1) is 0 Å². The molecule has 0 aliphatic heterocycles. The van der Waals surface area contributed by atoms with Crippen LogP contribution in [-0.2, 0) is 13.5 Å². The zero-order valence-corrected chi connectivity index (χ0v) is 12.1. The number of rotatable bonds is 7. The lowest BCUT2D eigenvalue weighted by Crippen LogP contribution is -2.27. The predicted octanol–water partition coefficient (Wildman–Crippen LogP) is 3.09. The van der Waals surface area contributed by atoms with E-state index < -0.39 is 0 Å². The maximum Gasteiger partial charge on any atom is 0.130 e. The Kier molecular flexibility index (Phi) is 6.00. The summed E-state index contributed by atoms with van der Waals surface area (Å²) in [5, 5.41) is 8.50. The molecule has 0 saturated carbocycles. The first-order valence-corrected chi connectivity index (χ1v) is 6.83. The third-order valence-corrected chi connectivity index (χ3v) is 3.76. The summed E-state index contributed by atoms with van der Waals surface area (Å²) in [7, 11) is 3.92. The number of aryl methyl sites for hydroxylation is 2. The molecule has 1 unspecified atom stereocenters. The largest absolute Gasteiger partial charge is 0.317 e. The average molecular weight is 258 g/mol. The van der Waals surface area contributed by atoms with Crippen LogP contribution in [0.3, 0.4) is 0 Å². The van der Waals surface area contributed by atoms with E-state index in [1.807, 2.05) is 21.0 Å². The van der Waals surface area contributed by atoms with Crippen LogP contribution in [0.2, 0.25) is 5.15 Å². The molecule has 1 aromatic rings. The molecule has 0 aromatic carbocycles. The summed E-state index contributed by atoms with van der Waals surface area (Å²) >= 11 is 6.25. The number of nitrogens with one attached hydrogen (secondary N) is 1. The van der Waals surface area contributed by atoms with E-state index in [1.54, 1.807) is 4.68 Å². The molecule has 0 bridgehead atoms. The van der Waals surface area contributed by atoms with Crippen molar-refractivity contribution >= 4 is 11.6 Å². The quantitative estimate of drug-likeness (QED) is 0.761. The minimum atomic E-state index is 0.502. The van der Waals surface area contributed by atoms with Gasteiger partial charge in [0.05, 0.1) is 5.69 Å². The van der Waals surface area contributed by atoms with Gasteiger partial charge in [-0.1, -0.05) is 37.8 Å². The summed E-state index contributed by atoms with van der Waals surface area (Å²) in [4.78, 5) is 0. The van der Waals surface area contributed by atoms with E-state index >= 15 is 0 Å². The van der Waals surface area contributed by atoms with Gasteiger partial charge >= 0.3 is 0 Å². The molecule has 1 heterocycles. The second-order valence-electron chi connectivity index (χ2n) is 4.66. The van der Waals surface area contributed by atoms with Crippen LogP contribution in [0.4, 0.5) is 0 Å². The molecule has 1 atom stereocenters. The summed E-state index contributed by atoms with van der Waals surface area (Å²) in [6, 6.07) is 0.502. The zero-order valence-electron chi connectivity index (χ0n) is 11.4. The zero-order chi connectivity index (χ0) is 12.8. The van der Waals surface area contributed by atoms with Crippen molar-refractivity contribution in [2.45, 2.75) is 52.0 Å². The van der Waals surface area contributed by atoms with Crippen molar-refractivity contribution in [3.63, 3.8) is 0 Å². The van der Waals surface area contributed by atoms with Crippen LogP contribution >= 0.6 is 11.6 Å². The van der Waals surface area contributed by atoms with Gasteiger partial charge in [0, 0.05) is 18.7 Å². The average Bonchev–Trinajstić information content (AvgIpc) is 2.54. The first-order chi connectivity index (χ1) is 8.10. The third-order valence-electron chi connectivity index (χ3n) is 3.28. The van der Waals surface area contributed by atoms with Crippen LogP contribution in [0.15, 0.2) is 0 Å². The van der Waals surface area contributed by atoms with Crippen molar-refractivity contribution in [1.82, 2.24) is 15.1 Å². The van der Waals surface area contributed by atoms with Crippen LogP contribution < -0.4 is 5.32 Å². The fourth-order valence-electron chi connectivity index (χ4n) is 2.14. The van der Waals surface area contributed by atoms with E-state index in [-0.39, 0.29) is 0 Å². The molecule has 98 valence electrons. The molecule has 0 amide bonds. The highest BCUT2D eigenvalue weighted by atomic mass is 35.5. The van der Waals surface area contributed by atoms with Crippen LogP contribution in [0.25, 0.3) is 0 Å². The number of aromatic nitrogens is 2. The summed E-state index contributed by atoms with van der Waals surface area (Å²) in [6.45, 7) is 4.26. The van der Waals surface area contributed by atoms with Crippen molar-refractivity contribution in [2.75, 3.05) is 7.05 Å². The summed E-state index contributed by atoms with van der Waals surface area (Å²) < 4.78 is 1.75. The van der Waals surface area contributed by atoms with E-state index in [4.69, 9.17) is 11.6 Å². The normalized spacial score (nSPS) is 13.0. The van der Waals surface area contributed by atoms with E-state index in [9.17, 15) is 0 Å². The van der Waals surface area contributed by atoms with Gasteiger partial charge in [0.1, 0.15) is 5.15 Å². The molecule has 0 spiro atoms. The van der Waals surface area contributed by atoms with Gasteiger partial charge in [-0.25, -0.2) is 0 Å². The number of nitrogens with zero attached hydrogens (tertiary/aromatic N) is 2. The Morgan fingerprint density at radius 3 is 2.59 bits per heavy atom. The highest BCUT2D eigenvalue weighted by Crippen LogP contribution is 2.21. The molecule has 0 aliphatic rings. The van der Waals surface area contributed by atoms with Crippen LogP contribution in [0, 0.1) is 6.92 Å². The van der Waals surface area contributed by atoms with Gasteiger partial charge in [-0.2, -0.15) is 5.10 Å². The molecular weight excluding hydrogens is 234 g/mol. The molecule has 0 fully saturated rings. The second-order valence-corrected chi connectivity index (χ2v) is 5.02. The summed E-state index contributed by atoms with van der Waals surface area (Å²) in [5.41, 5.74) is 2.23. The SMILES string of the molecule is CCCCCC(Cc1c(C)nn(C)c1Cl)NC. The van der Waals surface area contributed by atoms with E-state index in [2.05, 4.69) is 17.3 Å². The predicted molar refractivity (Wildman–Crippen MR) is 73.6 cm³/mol. The molecule has 17 heavy (non-hydrogen) atoms. The van der Waals surface area contributed by atoms with Crippen molar-refractivity contribution in [3.8, 4) is 0 Å². The molecule has 1 rings (SSSR count). The Bertz CT molecular complexity index is 347. The Morgan fingerprint density at radius 1 is 1.41 bits per heavy atom. The van der Waals surface area contributed by atoms with Gasteiger partial charge in [-0.3, -0.25) is 4.68 Å². The van der Waals surface area contributed by atoms with Gasteiger partial charge in [0.2, 0.25) is 0 Å². The van der Waals surface area contributed by atoms with Crippen LogP contribution in [0.1, 0.15) is 43.9 Å². The number of hydrogen-bond donors (Lipinski definition) is 1. The lowest BCUT2D eigenvalue weighted by molar-refractivity contribution is 0.489. The lowest BCUT2D eigenvalue weighted by atomic mass is 10.0. The van der Waals surface area contributed by atoms with Crippen molar-refractivity contribution in [2.24, 2.45) is 7.05 Å². The standard InChI is InChI=1S/C13H24ClN3/c1-5-6-7-8-11(15-3)9-12-10(2)16-17(4)13(12)14/h11,15H,5-9H2,1-4H3. The van der Waals surface area contributed by atoms with E-state index in [1.165, 1.54) is 31.2 Å². The fourth-order valence-corrected chi connectivity index (χ4v) is 2.39. The Balaban J connectivity index is 2.60. The molecule has 4 heteroatoms. The summed E-state index contributed by atoms with van der Waals surface area (Å²) in [5.74, 6) is 0. The number of likely N-dealkylation sites (N-methyl/N-ethyl adjacent to an activating group) is 1. The molecule has 0 aliphatic carbocycles. The first-order valence-electron chi connectivity index (χ1n) is 6.45. The fraction of sp³-hybridized carbons (Fsp3) is 0.769. The second kappa shape index (κ2) is 7.02. The molecule has 1 aromatic heterocycles. The van der Waals surface area contributed by atoms with Gasteiger partial charge in [-0.05, 0) is 26.8 Å². The maximum atomic E-state index is 6.25. The number of unbranched alkanes of at least 4 members (excludes halogenated alkanes) is 2. The van der Waals surface area contributed by atoms with E-state index in [0.29, 0.717) is 6.04 Å². The van der Waals surface area contributed by atoms with Crippen molar-refractivity contribution < 1.29 is 0 Å². The molecule has 3 nitrogen and oxygen atoms in total. The van der Waals surface area contributed by atoms with Crippen molar-refractivity contribution in [1.29, 1.82) is 0 Å². The van der Waals surface area contributed by atoms with Gasteiger partial charge < -0.3 is 5.32 Å². The smallest absolute Gasteiger partial charge is 0.130 e.